The van der Waals surface area contributed by atoms with Gasteiger partial charge < -0.3 is 4.74 Å². The molecule has 4 heteroatoms. The molecule has 0 aliphatic heterocycles. The van der Waals surface area contributed by atoms with Gasteiger partial charge >= 0.3 is 0 Å². The van der Waals surface area contributed by atoms with Crippen LogP contribution < -0.4 is 4.74 Å². The van der Waals surface area contributed by atoms with Crippen molar-refractivity contribution in [3.63, 3.8) is 0 Å². The maximum absolute atomic E-state index is 13.7. The summed E-state index contributed by atoms with van der Waals surface area (Å²) in [5, 5.41) is 0. The number of benzene rings is 1. The van der Waals surface area contributed by atoms with Crippen molar-refractivity contribution in [1.82, 2.24) is 0 Å². The summed E-state index contributed by atoms with van der Waals surface area (Å²) in [4.78, 5) is 0. The van der Waals surface area contributed by atoms with Gasteiger partial charge in [0.05, 0.1) is 6.61 Å². The number of rotatable bonds is 8. The normalized spacial score (nSPS) is 28.3. The molecule has 0 bridgehead atoms. The molecular formula is C24H35F3O. The van der Waals surface area contributed by atoms with Crippen LogP contribution in [-0.4, -0.2) is 6.61 Å². The summed E-state index contributed by atoms with van der Waals surface area (Å²) >= 11 is 0. The highest BCUT2D eigenvalue weighted by atomic mass is 19.2. The van der Waals surface area contributed by atoms with Gasteiger partial charge in [0.15, 0.2) is 17.4 Å². The Morgan fingerprint density at radius 3 is 2.00 bits per heavy atom. The quantitative estimate of drug-likeness (QED) is 0.323. The summed E-state index contributed by atoms with van der Waals surface area (Å²) in [7, 11) is 0. The van der Waals surface area contributed by atoms with Crippen LogP contribution in [0.4, 0.5) is 13.2 Å². The van der Waals surface area contributed by atoms with Gasteiger partial charge in [0, 0.05) is 0 Å². The van der Waals surface area contributed by atoms with Crippen LogP contribution in [0.1, 0.15) is 84.0 Å². The van der Waals surface area contributed by atoms with Crippen LogP contribution in [-0.2, 0) is 0 Å². The topological polar surface area (TPSA) is 9.23 Å². The minimum absolute atomic E-state index is 0.178. The molecule has 2 saturated carbocycles. The van der Waals surface area contributed by atoms with E-state index in [1.54, 1.807) is 0 Å². The van der Waals surface area contributed by atoms with Gasteiger partial charge in [-0.2, -0.15) is 4.39 Å². The minimum atomic E-state index is -1.45. The van der Waals surface area contributed by atoms with Gasteiger partial charge in [-0.25, -0.2) is 8.78 Å². The molecule has 1 aromatic carbocycles. The SMILES string of the molecule is CCCCC[C@H]1CC[C@H](C2CCC(COc3ccc(F)c(F)c3F)CC2)CC1. The molecule has 0 spiro atoms. The summed E-state index contributed by atoms with van der Waals surface area (Å²) in [5.41, 5.74) is 0. The van der Waals surface area contributed by atoms with E-state index in [2.05, 4.69) is 6.92 Å². The Bertz CT molecular complexity index is 602. The fraction of sp³-hybridized carbons (Fsp3) is 0.750. The maximum atomic E-state index is 13.7. The molecule has 0 unspecified atom stereocenters. The Morgan fingerprint density at radius 2 is 1.39 bits per heavy atom. The van der Waals surface area contributed by atoms with E-state index < -0.39 is 17.5 Å². The molecule has 0 atom stereocenters. The highest BCUT2D eigenvalue weighted by Crippen LogP contribution is 2.42. The third-order valence-corrected chi connectivity index (χ3v) is 7.14. The zero-order chi connectivity index (χ0) is 19.9. The molecule has 28 heavy (non-hydrogen) atoms. The highest BCUT2D eigenvalue weighted by molar-refractivity contribution is 5.26. The third kappa shape index (κ3) is 5.67. The highest BCUT2D eigenvalue weighted by Gasteiger charge is 2.31. The van der Waals surface area contributed by atoms with Crippen LogP contribution in [0, 0.1) is 41.1 Å². The van der Waals surface area contributed by atoms with E-state index in [9.17, 15) is 13.2 Å². The molecule has 2 aliphatic carbocycles. The zero-order valence-corrected chi connectivity index (χ0v) is 17.2. The molecule has 0 heterocycles. The number of halogens is 3. The van der Waals surface area contributed by atoms with E-state index in [1.807, 2.05) is 0 Å². The molecule has 0 N–H and O–H groups in total. The molecule has 1 nitrogen and oxygen atoms in total. The van der Waals surface area contributed by atoms with Gasteiger partial charge in [0.25, 0.3) is 0 Å². The average molecular weight is 397 g/mol. The summed E-state index contributed by atoms with van der Waals surface area (Å²) in [5.74, 6) is -0.975. The van der Waals surface area contributed by atoms with Gasteiger partial charge in [-0.1, -0.05) is 45.4 Å². The van der Waals surface area contributed by atoms with Crippen LogP contribution in [0.15, 0.2) is 12.1 Å². The summed E-state index contributed by atoms with van der Waals surface area (Å²) < 4.78 is 45.5. The molecule has 3 rings (SSSR count). The van der Waals surface area contributed by atoms with Crippen molar-refractivity contribution in [3.05, 3.63) is 29.6 Å². The van der Waals surface area contributed by atoms with E-state index in [0.717, 1.165) is 36.7 Å². The molecule has 0 saturated heterocycles. The number of unbranched alkanes of at least 4 members (excludes halogenated alkanes) is 2. The van der Waals surface area contributed by atoms with Crippen molar-refractivity contribution in [3.8, 4) is 5.75 Å². The molecule has 0 aromatic heterocycles. The monoisotopic (exact) mass is 396 g/mol. The van der Waals surface area contributed by atoms with E-state index in [0.29, 0.717) is 12.5 Å². The van der Waals surface area contributed by atoms with Crippen molar-refractivity contribution in [2.75, 3.05) is 6.61 Å². The Balaban J connectivity index is 1.37. The predicted molar refractivity (Wildman–Crippen MR) is 107 cm³/mol. The maximum Gasteiger partial charge on any atom is 0.203 e. The van der Waals surface area contributed by atoms with Crippen LogP contribution in [0.3, 0.4) is 0 Å². The van der Waals surface area contributed by atoms with Gasteiger partial charge in [0.2, 0.25) is 5.82 Å². The number of ether oxygens (including phenoxy) is 1. The molecule has 2 fully saturated rings. The first kappa shape index (κ1) is 21.5. The fourth-order valence-corrected chi connectivity index (χ4v) is 5.28. The largest absolute Gasteiger partial charge is 0.490 e. The van der Waals surface area contributed by atoms with Crippen LogP contribution in [0.2, 0.25) is 0 Å². The molecule has 158 valence electrons. The smallest absolute Gasteiger partial charge is 0.203 e. The molecule has 0 amide bonds. The van der Waals surface area contributed by atoms with Crippen LogP contribution in [0.5, 0.6) is 5.75 Å². The first-order valence-electron chi connectivity index (χ1n) is 11.3. The molecular weight excluding hydrogens is 361 g/mol. The van der Waals surface area contributed by atoms with Crippen LogP contribution in [0.25, 0.3) is 0 Å². The number of hydrogen-bond donors (Lipinski definition) is 0. The van der Waals surface area contributed by atoms with E-state index in [1.165, 1.54) is 70.3 Å². The van der Waals surface area contributed by atoms with Gasteiger partial charge in [0.1, 0.15) is 0 Å². The van der Waals surface area contributed by atoms with Crippen molar-refractivity contribution in [2.24, 2.45) is 23.7 Å². The summed E-state index contributed by atoms with van der Waals surface area (Å²) in [6.45, 7) is 2.66. The Hall–Kier alpha value is -1.19. The van der Waals surface area contributed by atoms with E-state index in [-0.39, 0.29) is 5.75 Å². The van der Waals surface area contributed by atoms with E-state index >= 15 is 0 Å². The second-order valence-corrected chi connectivity index (χ2v) is 9.04. The van der Waals surface area contributed by atoms with E-state index in [4.69, 9.17) is 4.74 Å². The van der Waals surface area contributed by atoms with Gasteiger partial charge in [-0.15, -0.1) is 0 Å². The third-order valence-electron chi connectivity index (χ3n) is 7.14. The van der Waals surface area contributed by atoms with Crippen molar-refractivity contribution < 1.29 is 17.9 Å². The molecule has 2 aliphatic rings. The lowest BCUT2D eigenvalue weighted by Crippen LogP contribution is -2.27. The standard InChI is InChI=1S/C24H35F3O/c1-2-3-4-5-17-6-10-19(11-7-17)20-12-8-18(9-13-20)16-28-22-15-14-21(25)23(26)24(22)27/h14-15,17-20H,2-13,16H2,1H3/t17-,18?,19-,20?. The van der Waals surface area contributed by atoms with Crippen molar-refractivity contribution in [1.29, 1.82) is 0 Å². The molecule has 1 aromatic rings. The average Bonchev–Trinajstić information content (AvgIpc) is 2.73. The molecule has 0 radical (unpaired) electrons. The Kier molecular flexibility index (Phi) is 8.11. The second-order valence-electron chi connectivity index (χ2n) is 9.04. The van der Waals surface area contributed by atoms with Gasteiger partial charge in [-0.3, -0.25) is 0 Å². The zero-order valence-electron chi connectivity index (χ0n) is 17.2. The van der Waals surface area contributed by atoms with Crippen molar-refractivity contribution >= 4 is 0 Å². The van der Waals surface area contributed by atoms with Crippen LogP contribution >= 0.6 is 0 Å². The first-order chi connectivity index (χ1) is 13.6. The van der Waals surface area contributed by atoms with Gasteiger partial charge in [-0.05, 0) is 74.3 Å². The predicted octanol–water partition coefficient (Wildman–Crippen LogP) is 7.68. The summed E-state index contributed by atoms with van der Waals surface area (Å²) in [6, 6.07) is 2.10. The lowest BCUT2D eigenvalue weighted by atomic mass is 9.69. The minimum Gasteiger partial charge on any atom is -0.490 e. The van der Waals surface area contributed by atoms with Crippen molar-refractivity contribution in [2.45, 2.75) is 84.0 Å². The lowest BCUT2D eigenvalue weighted by molar-refractivity contribution is 0.120. The lowest BCUT2D eigenvalue weighted by Gasteiger charge is -2.38. The summed E-state index contributed by atoms with van der Waals surface area (Å²) in [6.07, 6.45) is 15.7. The first-order valence-corrected chi connectivity index (χ1v) is 11.3. The Morgan fingerprint density at radius 1 is 0.786 bits per heavy atom. The number of hydrogen-bond acceptors (Lipinski definition) is 1. The fourth-order valence-electron chi connectivity index (χ4n) is 5.28. The Labute approximate surface area is 168 Å². The second kappa shape index (κ2) is 10.5.